The smallest absolute Gasteiger partial charge is 0.335 e. The van der Waals surface area contributed by atoms with Crippen LogP contribution in [0.5, 0.6) is 0 Å². The van der Waals surface area contributed by atoms with Gasteiger partial charge in [-0.3, -0.25) is 4.79 Å². The Labute approximate surface area is 126 Å². The monoisotopic (exact) mass is 301 g/mol. The fraction of sp³-hybridized carbons (Fsp3) is 0.250. The summed E-state index contributed by atoms with van der Waals surface area (Å²) in [6.45, 7) is 1.34. The Morgan fingerprint density at radius 3 is 2.50 bits per heavy atom. The average molecular weight is 301 g/mol. The summed E-state index contributed by atoms with van der Waals surface area (Å²) < 4.78 is 10.9. The van der Waals surface area contributed by atoms with Gasteiger partial charge in [-0.1, -0.05) is 0 Å². The lowest BCUT2D eigenvalue weighted by Crippen LogP contribution is -2.42. The summed E-state index contributed by atoms with van der Waals surface area (Å²) in [5.74, 6) is -0.459. The molecule has 1 unspecified atom stereocenters. The number of carbonyl (C=O) groups excluding carboxylic acids is 1. The van der Waals surface area contributed by atoms with Gasteiger partial charge in [0.05, 0.1) is 25.0 Å². The number of hydrogen-bond donors (Lipinski definition) is 1. The van der Waals surface area contributed by atoms with E-state index in [0.717, 1.165) is 0 Å². The average Bonchev–Trinajstić information content (AvgIpc) is 3.09. The quantitative estimate of drug-likeness (QED) is 0.940. The van der Waals surface area contributed by atoms with E-state index in [4.69, 9.17) is 14.3 Å². The first-order chi connectivity index (χ1) is 10.6. The molecule has 1 amide bonds. The van der Waals surface area contributed by atoms with E-state index in [1.807, 2.05) is 6.07 Å². The molecule has 2 aromatic rings. The van der Waals surface area contributed by atoms with Crippen molar-refractivity contribution >= 4 is 11.9 Å². The highest BCUT2D eigenvalue weighted by molar-refractivity contribution is 5.96. The highest BCUT2D eigenvalue weighted by atomic mass is 16.5. The molecule has 114 valence electrons. The molecule has 6 nitrogen and oxygen atoms in total. The van der Waals surface area contributed by atoms with E-state index in [9.17, 15) is 9.59 Å². The first-order valence-corrected chi connectivity index (χ1v) is 6.93. The maximum absolute atomic E-state index is 12.5. The second-order valence-electron chi connectivity index (χ2n) is 5.01. The van der Waals surface area contributed by atoms with Crippen LogP contribution in [0.1, 0.15) is 32.6 Å². The van der Waals surface area contributed by atoms with Gasteiger partial charge in [0, 0.05) is 12.1 Å². The number of furan rings is 1. The second kappa shape index (κ2) is 6.03. The van der Waals surface area contributed by atoms with Crippen molar-refractivity contribution in [1.82, 2.24) is 4.90 Å². The van der Waals surface area contributed by atoms with Crippen molar-refractivity contribution in [3.8, 4) is 0 Å². The van der Waals surface area contributed by atoms with Crippen LogP contribution in [0.2, 0.25) is 0 Å². The van der Waals surface area contributed by atoms with Crippen molar-refractivity contribution in [2.24, 2.45) is 0 Å². The molecule has 1 atom stereocenters. The van der Waals surface area contributed by atoms with Gasteiger partial charge in [-0.2, -0.15) is 0 Å². The van der Waals surface area contributed by atoms with Crippen LogP contribution in [0.3, 0.4) is 0 Å². The molecule has 0 aliphatic carbocycles. The molecule has 1 fully saturated rings. The predicted octanol–water partition coefficient (Wildman–Crippen LogP) is 2.19. The lowest BCUT2D eigenvalue weighted by atomic mass is 10.1. The molecular formula is C16H15NO5. The molecule has 1 aromatic carbocycles. The van der Waals surface area contributed by atoms with Gasteiger partial charge in [0.25, 0.3) is 5.91 Å². The van der Waals surface area contributed by atoms with Gasteiger partial charge in [0.2, 0.25) is 0 Å². The molecule has 3 rings (SSSR count). The summed E-state index contributed by atoms with van der Waals surface area (Å²) in [7, 11) is 0. The standard InChI is InChI=1S/C16H15NO5/c18-15(11-3-5-12(6-4-11)16(19)20)17-7-9-22-14(10-17)13-2-1-8-21-13/h1-6,8,14H,7,9-10H2,(H,19,20). The SMILES string of the molecule is O=C(O)c1ccc(C(=O)N2CCOC(c3ccco3)C2)cc1. The van der Waals surface area contributed by atoms with Crippen molar-refractivity contribution in [3.05, 3.63) is 59.5 Å². The maximum atomic E-state index is 12.5. The first kappa shape index (κ1) is 14.3. The van der Waals surface area contributed by atoms with Gasteiger partial charge in [0.1, 0.15) is 11.9 Å². The topological polar surface area (TPSA) is 80.0 Å². The molecule has 6 heteroatoms. The molecular weight excluding hydrogens is 286 g/mol. The molecule has 1 N–H and O–H groups in total. The second-order valence-corrected chi connectivity index (χ2v) is 5.01. The predicted molar refractivity (Wildman–Crippen MR) is 76.7 cm³/mol. The van der Waals surface area contributed by atoms with Gasteiger partial charge >= 0.3 is 5.97 Å². The zero-order valence-corrected chi connectivity index (χ0v) is 11.8. The van der Waals surface area contributed by atoms with Crippen LogP contribution < -0.4 is 0 Å². The van der Waals surface area contributed by atoms with Gasteiger partial charge in [0.15, 0.2) is 0 Å². The number of carboxylic acids is 1. The molecule has 1 aromatic heterocycles. The van der Waals surface area contributed by atoms with Crippen LogP contribution in [0.15, 0.2) is 47.1 Å². The summed E-state index contributed by atoms with van der Waals surface area (Å²) in [6.07, 6.45) is 1.30. The van der Waals surface area contributed by atoms with Crippen molar-refractivity contribution in [3.63, 3.8) is 0 Å². The molecule has 1 aliphatic rings. The van der Waals surface area contributed by atoms with E-state index in [-0.39, 0.29) is 17.6 Å². The van der Waals surface area contributed by atoms with Crippen LogP contribution in [-0.2, 0) is 4.74 Å². The van der Waals surface area contributed by atoms with Gasteiger partial charge in [-0.25, -0.2) is 4.79 Å². The van der Waals surface area contributed by atoms with Gasteiger partial charge in [-0.05, 0) is 36.4 Å². The number of rotatable bonds is 3. The number of amides is 1. The fourth-order valence-electron chi connectivity index (χ4n) is 2.42. The van der Waals surface area contributed by atoms with E-state index in [1.54, 1.807) is 17.2 Å². The number of ether oxygens (including phenoxy) is 1. The van der Waals surface area contributed by atoms with Crippen LogP contribution in [-0.4, -0.2) is 41.6 Å². The van der Waals surface area contributed by atoms with E-state index >= 15 is 0 Å². The number of carboxylic acid groups (broad SMARTS) is 1. The van der Waals surface area contributed by atoms with Crippen molar-refractivity contribution in [2.75, 3.05) is 19.7 Å². The largest absolute Gasteiger partial charge is 0.478 e. The van der Waals surface area contributed by atoms with Crippen LogP contribution in [0, 0.1) is 0 Å². The van der Waals surface area contributed by atoms with E-state index in [2.05, 4.69) is 0 Å². The maximum Gasteiger partial charge on any atom is 0.335 e. The number of aromatic carboxylic acids is 1. The zero-order valence-electron chi connectivity index (χ0n) is 11.8. The number of hydrogen-bond acceptors (Lipinski definition) is 4. The molecule has 0 spiro atoms. The number of carbonyl (C=O) groups is 2. The Morgan fingerprint density at radius 2 is 1.86 bits per heavy atom. The molecule has 1 aliphatic heterocycles. The molecule has 0 radical (unpaired) electrons. The fourth-order valence-corrected chi connectivity index (χ4v) is 2.42. The highest BCUT2D eigenvalue weighted by Gasteiger charge is 2.27. The summed E-state index contributed by atoms with van der Waals surface area (Å²) in [4.78, 5) is 25.0. The Morgan fingerprint density at radius 1 is 1.14 bits per heavy atom. The molecule has 2 heterocycles. The zero-order chi connectivity index (χ0) is 15.5. The van der Waals surface area contributed by atoms with Crippen molar-refractivity contribution < 1.29 is 23.8 Å². The molecule has 22 heavy (non-hydrogen) atoms. The third-order valence-electron chi connectivity index (χ3n) is 3.59. The molecule has 1 saturated heterocycles. The third kappa shape index (κ3) is 2.87. The number of benzene rings is 1. The minimum Gasteiger partial charge on any atom is -0.478 e. The molecule has 0 bridgehead atoms. The minimum atomic E-state index is -1.01. The lowest BCUT2D eigenvalue weighted by Gasteiger charge is -2.32. The van der Waals surface area contributed by atoms with Crippen molar-refractivity contribution in [1.29, 1.82) is 0 Å². The van der Waals surface area contributed by atoms with E-state index in [0.29, 0.717) is 31.0 Å². The molecule has 0 saturated carbocycles. The van der Waals surface area contributed by atoms with Gasteiger partial charge < -0.3 is 19.2 Å². The summed E-state index contributed by atoms with van der Waals surface area (Å²) >= 11 is 0. The van der Waals surface area contributed by atoms with Crippen LogP contribution >= 0.6 is 0 Å². The van der Waals surface area contributed by atoms with Crippen molar-refractivity contribution in [2.45, 2.75) is 6.10 Å². The first-order valence-electron chi connectivity index (χ1n) is 6.93. The third-order valence-corrected chi connectivity index (χ3v) is 3.59. The lowest BCUT2D eigenvalue weighted by molar-refractivity contribution is -0.0321. The Balaban J connectivity index is 1.72. The summed E-state index contributed by atoms with van der Waals surface area (Å²) in [6, 6.07) is 9.52. The normalized spacial score (nSPS) is 18.2. The van der Waals surface area contributed by atoms with E-state index < -0.39 is 5.97 Å². The summed E-state index contributed by atoms with van der Waals surface area (Å²) in [5.41, 5.74) is 0.622. The van der Waals surface area contributed by atoms with Crippen LogP contribution in [0.25, 0.3) is 0 Å². The van der Waals surface area contributed by atoms with Gasteiger partial charge in [-0.15, -0.1) is 0 Å². The van der Waals surface area contributed by atoms with E-state index in [1.165, 1.54) is 24.3 Å². The number of morpholine rings is 1. The Kier molecular flexibility index (Phi) is 3.93. The Bertz CT molecular complexity index is 662. The minimum absolute atomic E-state index is 0.142. The number of nitrogens with zero attached hydrogens (tertiary/aromatic N) is 1. The summed E-state index contributed by atoms with van der Waals surface area (Å²) in [5, 5.41) is 8.88. The Hall–Kier alpha value is -2.60. The highest BCUT2D eigenvalue weighted by Crippen LogP contribution is 2.23. The van der Waals surface area contributed by atoms with Crippen LogP contribution in [0.4, 0.5) is 0 Å².